The van der Waals surface area contributed by atoms with Gasteiger partial charge >= 0.3 is 0 Å². The number of carbonyl (C=O) groups is 1. The van der Waals surface area contributed by atoms with Crippen molar-refractivity contribution < 1.29 is 14.5 Å². The van der Waals surface area contributed by atoms with E-state index in [0.717, 1.165) is 0 Å². The number of carbonyl (C=O) groups excluding carboxylic acids is 1. The number of non-ortho nitro benzene ring substituents is 1. The number of anilines is 1. The molecule has 6 nitrogen and oxygen atoms in total. The molecule has 22 heavy (non-hydrogen) atoms. The van der Waals surface area contributed by atoms with Gasteiger partial charge in [0, 0.05) is 22.8 Å². The minimum absolute atomic E-state index is 0.0535. The van der Waals surface area contributed by atoms with Crippen molar-refractivity contribution in [1.82, 2.24) is 0 Å². The molecular formula is C14H10Cl2N2O4. The summed E-state index contributed by atoms with van der Waals surface area (Å²) >= 11 is 11.7. The van der Waals surface area contributed by atoms with Crippen LogP contribution in [-0.4, -0.2) is 17.4 Å². The van der Waals surface area contributed by atoms with Gasteiger partial charge in [0.25, 0.3) is 11.6 Å². The molecule has 1 N–H and O–H groups in total. The maximum Gasteiger partial charge on any atom is 0.269 e. The van der Waals surface area contributed by atoms with E-state index in [1.54, 1.807) is 12.1 Å². The topological polar surface area (TPSA) is 81.5 Å². The van der Waals surface area contributed by atoms with Gasteiger partial charge in [-0.15, -0.1) is 0 Å². The molecule has 114 valence electrons. The van der Waals surface area contributed by atoms with Crippen molar-refractivity contribution in [3.05, 3.63) is 62.6 Å². The van der Waals surface area contributed by atoms with Gasteiger partial charge in [0.05, 0.1) is 9.95 Å². The van der Waals surface area contributed by atoms with Crippen molar-refractivity contribution in [3.8, 4) is 5.75 Å². The largest absolute Gasteiger partial charge is 0.482 e. The zero-order valence-corrected chi connectivity index (χ0v) is 12.6. The van der Waals surface area contributed by atoms with E-state index in [1.807, 2.05) is 0 Å². The zero-order valence-electron chi connectivity index (χ0n) is 11.1. The van der Waals surface area contributed by atoms with Gasteiger partial charge in [-0.25, -0.2) is 0 Å². The van der Waals surface area contributed by atoms with Gasteiger partial charge in [-0.05, 0) is 30.3 Å². The normalized spacial score (nSPS) is 10.1. The fraction of sp³-hybridized carbons (Fsp3) is 0.0714. The summed E-state index contributed by atoms with van der Waals surface area (Å²) in [6.45, 7) is -0.252. The lowest BCUT2D eigenvalue weighted by Crippen LogP contribution is -2.20. The standard InChI is InChI=1S/C14H10Cl2N2O4/c15-9-1-6-13(12(16)7-9)22-8-14(19)17-10-2-4-11(5-3-10)18(20)21/h1-7H,8H2,(H,17,19). The Morgan fingerprint density at radius 3 is 2.45 bits per heavy atom. The van der Waals surface area contributed by atoms with Gasteiger partial charge in [0.1, 0.15) is 5.75 Å². The third kappa shape index (κ3) is 4.34. The molecule has 2 rings (SSSR count). The van der Waals surface area contributed by atoms with E-state index in [1.165, 1.54) is 30.3 Å². The molecule has 2 aromatic carbocycles. The quantitative estimate of drug-likeness (QED) is 0.660. The monoisotopic (exact) mass is 340 g/mol. The SMILES string of the molecule is O=C(COc1ccc(Cl)cc1Cl)Nc1ccc([N+](=O)[O-])cc1. The van der Waals surface area contributed by atoms with Crippen LogP contribution in [0.3, 0.4) is 0 Å². The Morgan fingerprint density at radius 2 is 1.86 bits per heavy atom. The van der Waals surface area contributed by atoms with E-state index >= 15 is 0 Å². The minimum Gasteiger partial charge on any atom is -0.482 e. The maximum atomic E-state index is 11.7. The first-order valence-electron chi connectivity index (χ1n) is 6.08. The third-order valence-electron chi connectivity index (χ3n) is 2.61. The number of ether oxygens (including phenoxy) is 1. The van der Waals surface area contributed by atoms with Crippen LogP contribution >= 0.6 is 23.2 Å². The molecule has 0 saturated carbocycles. The first-order chi connectivity index (χ1) is 10.5. The van der Waals surface area contributed by atoms with Crippen LogP contribution in [0.2, 0.25) is 10.0 Å². The van der Waals surface area contributed by atoms with Crippen molar-refractivity contribution in [2.24, 2.45) is 0 Å². The third-order valence-corrected chi connectivity index (χ3v) is 3.15. The van der Waals surface area contributed by atoms with Gasteiger partial charge in [-0.1, -0.05) is 23.2 Å². The van der Waals surface area contributed by atoms with Crippen LogP contribution in [0, 0.1) is 10.1 Å². The molecule has 0 aliphatic heterocycles. The van der Waals surface area contributed by atoms with Crippen LogP contribution in [0.1, 0.15) is 0 Å². The van der Waals surface area contributed by atoms with Crippen LogP contribution in [0.15, 0.2) is 42.5 Å². The smallest absolute Gasteiger partial charge is 0.269 e. The van der Waals surface area contributed by atoms with Crippen LogP contribution in [0.5, 0.6) is 5.75 Å². The lowest BCUT2D eigenvalue weighted by molar-refractivity contribution is -0.384. The van der Waals surface area contributed by atoms with Crippen molar-refractivity contribution >= 4 is 40.5 Å². The van der Waals surface area contributed by atoms with Crippen LogP contribution in [0.4, 0.5) is 11.4 Å². The molecule has 0 radical (unpaired) electrons. The predicted octanol–water partition coefficient (Wildman–Crippen LogP) is 3.92. The summed E-state index contributed by atoms with van der Waals surface area (Å²) in [6, 6.07) is 10.1. The molecule has 0 bridgehead atoms. The van der Waals surface area contributed by atoms with Crippen molar-refractivity contribution in [1.29, 1.82) is 0 Å². The second-order valence-electron chi connectivity index (χ2n) is 4.22. The summed E-state index contributed by atoms with van der Waals surface area (Å²) < 4.78 is 5.28. The Hall–Kier alpha value is -2.31. The summed E-state index contributed by atoms with van der Waals surface area (Å²) in [7, 11) is 0. The second-order valence-corrected chi connectivity index (χ2v) is 5.06. The average molecular weight is 341 g/mol. The maximum absolute atomic E-state index is 11.7. The lowest BCUT2D eigenvalue weighted by Gasteiger charge is -2.09. The Bertz CT molecular complexity index is 704. The van der Waals surface area contributed by atoms with Crippen LogP contribution in [0.25, 0.3) is 0 Å². The summed E-state index contributed by atoms with van der Waals surface area (Å²) in [4.78, 5) is 21.8. The second kappa shape index (κ2) is 7.11. The molecule has 0 atom stereocenters. The lowest BCUT2D eigenvalue weighted by atomic mass is 10.3. The highest BCUT2D eigenvalue weighted by atomic mass is 35.5. The van der Waals surface area contributed by atoms with Gasteiger partial charge in [0.2, 0.25) is 0 Å². The fourth-order valence-electron chi connectivity index (χ4n) is 1.60. The molecule has 0 heterocycles. The van der Waals surface area contributed by atoms with E-state index in [4.69, 9.17) is 27.9 Å². The molecule has 0 unspecified atom stereocenters. The minimum atomic E-state index is -0.517. The number of nitro groups is 1. The van der Waals surface area contributed by atoms with E-state index in [0.29, 0.717) is 21.5 Å². The highest BCUT2D eigenvalue weighted by molar-refractivity contribution is 6.35. The van der Waals surface area contributed by atoms with Gasteiger partial charge in [-0.3, -0.25) is 14.9 Å². The Kier molecular flexibility index (Phi) is 5.19. The molecule has 0 fully saturated rings. The summed E-state index contributed by atoms with van der Waals surface area (Å²) in [5.41, 5.74) is 0.378. The number of nitro benzene ring substituents is 1. The van der Waals surface area contributed by atoms with Crippen molar-refractivity contribution in [3.63, 3.8) is 0 Å². The molecule has 0 aliphatic carbocycles. The van der Waals surface area contributed by atoms with E-state index in [-0.39, 0.29) is 12.3 Å². The Morgan fingerprint density at radius 1 is 1.18 bits per heavy atom. The van der Waals surface area contributed by atoms with Crippen LogP contribution < -0.4 is 10.1 Å². The first kappa shape index (κ1) is 16.1. The summed E-state index contributed by atoms with van der Waals surface area (Å²) in [5.74, 6) is -0.0789. The highest BCUT2D eigenvalue weighted by Crippen LogP contribution is 2.27. The van der Waals surface area contributed by atoms with Crippen molar-refractivity contribution in [2.75, 3.05) is 11.9 Å². The number of hydrogen-bond acceptors (Lipinski definition) is 4. The zero-order chi connectivity index (χ0) is 16.1. The van der Waals surface area contributed by atoms with E-state index < -0.39 is 10.8 Å². The molecule has 2 aromatic rings. The number of nitrogens with zero attached hydrogens (tertiary/aromatic N) is 1. The molecule has 1 amide bonds. The average Bonchev–Trinajstić information content (AvgIpc) is 2.47. The number of rotatable bonds is 5. The predicted molar refractivity (Wildman–Crippen MR) is 83.7 cm³/mol. The first-order valence-corrected chi connectivity index (χ1v) is 6.83. The molecule has 0 spiro atoms. The molecule has 8 heteroatoms. The van der Waals surface area contributed by atoms with Gasteiger partial charge in [0.15, 0.2) is 6.61 Å². The van der Waals surface area contributed by atoms with Gasteiger partial charge < -0.3 is 10.1 Å². The Labute approximate surface area is 135 Å². The molecule has 0 aromatic heterocycles. The molecular weight excluding hydrogens is 331 g/mol. The van der Waals surface area contributed by atoms with Crippen LogP contribution in [-0.2, 0) is 4.79 Å². The van der Waals surface area contributed by atoms with E-state index in [2.05, 4.69) is 5.32 Å². The highest BCUT2D eigenvalue weighted by Gasteiger charge is 2.08. The molecule has 0 saturated heterocycles. The number of hydrogen-bond donors (Lipinski definition) is 1. The van der Waals surface area contributed by atoms with Gasteiger partial charge in [-0.2, -0.15) is 0 Å². The van der Waals surface area contributed by atoms with Crippen molar-refractivity contribution in [2.45, 2.75) is 0 Å². The number of nitrogens with one attached hydrogen (secondary N) is 1. The number of halogens is 2. The molecule has 0 aliphatic rings. The number of benzene rings is 2. The van der Waals surface area contributed by atoms with E-state index in [9.17, 15) is 14.9 Å². The number of amides is 1. The summed E-state index contributed by atoms with van der Waals surface area (Å²) in [6.07, 6.45) is 0. The Balaban J connectivity index is 1.91. The fourth-order valence-corrected chi connectivity index (χ4v) is 2.06. The summed E-state index contributed by atoms with van der Waals surface area (Å²) in [5, 5.41) is 13.8.